The quantitative estimate of drug-likeness (QED) is 0.839. The van der Waals surface area contributed by atoms with E-state index in [1.165, 1.54) is 0 Å². The summed E-state index contributed by atoms with van der Waals surface area (Å²) in [6.07, 6.45) is 0. The molecule has 1 aromatic carbocycles. The largest absolute Gasteiger partial charge is 0.496 e. The molecule has 1 N–H and O–H groups in total. The second-order valence-corrected chi connectivity index (χ2v) is 4.04. The van der Waals surface area contributed by atoms with Crippen molar-refractivity contribution in [2.45, 2.75) is 6.92 Å². The molecule has 1 heterocycles. The summed E-state index contributed by atoms with van der Waals surface area (Å²) in [7, 11) is 1.66. The molecule has 0 atom stereocenters. The van der Waals surface area contributed by atoms with Crippen LogP contribution in [-0.4, -0.2) is 12.1 Å². The van der Waals surface area contributed by atoms with Gasteiger partial charge in [-0.15, -0.1) is 0 Å². The van der Waals surface area contributed by atoms with Crippen molar-refractivity contribution in [1.29, 1.82) is 0 Å². The Kier molecular flexibility index (Phi) is 3.49. The number of halogens is 1. The van der Waals surface area contributed by atoms with Gasteiger partial charge in [0.1, 0.15) is 16.7 Å². The molecule has 0 saturated carbocycles. The third-order valence-corrected chi connectivity index (χ3v) is 2.59. The number of aromatic nitrogens is 1. The van der Waals surface area contributed by atoms with Gasteiger partial charge >= 0.3 is 0 Å². The fourth-order valence-electron chi connectivity index (χ4n) is 1.58. The summed E-state index contributed by atoms with van der Waals surface area (Å²) >= 11 is 5.82. The monoisotopic (exact) mass is 248 g/mol. The summed E-state index contributed by atoms with van der Waals surface area (Å²) in [5.74, 6) is 1.59. The average molecular weight is 249 g/mol. The number of ether oxygens (including phenoxy) is 1. The van der Waals surface area contributed by atoms with Gasteiger partial charge in [0.2, 0.25) is 0 Å². The van der Waals surface area contributed by atoms with Gasteiger partial charge in [0.05, 0.1) is 7.11 Å². The molecule has 88 valence electrons. The van der Waals surface area contributed by atoms with E-state index in [1.54, 1.807) is 13.2 Å². The smallest absolute Gasteiger partial charge is 0.132 e. The zero-order chi connectivity index (χ0) is 12.3. The van der Waals surface area contributed by atoms with Crippen molar-refractivity contribution in [3.63, 3.8) is 0 Å². The molecule has 0 bridgehead atoms. The molecule has 0 aliphatic carbocycles. The highest BCUT2D eigenvalue weighted by molar-refractivity contribution is 6.29. The van der Waals surface area contributed by atoms with E-state index in [0.29, 0.717) is 5.15 Å². The van der Waals surface area contributed by atoms with E-state index >= 15 is 0 Å². The van der Waals surface area contributed by atoms with Crippen LogP contribution in [0.1, 0.15) is 5.56 Å². The Hall–Kier alpha value is -1.74. The summed E-state index contributed by atoms with van der Waals surface area (Å²) in [5.41, 5.74) is 2.03. The van der Waals surface area contributed by atoms with Crippen molar-refractivity contribution < 1.29 is 4.74 Å². The van der Waals surface area contributed by atoms with Gasteiger partial charge < -0.3 is 10.1 Å². The van der Waals surface area contributed by atoms with Crippen molar-refractivity contribution in [2.24, 2.45) is 0 Å². The van der Waals surface area contributed by atoms with E-state index in [4.69, 9.17) is 16.3 Å². The molecule has 2 aromatic rings. The van der Waals surface area contributed by atoms with Gasteiger partial charge in [-0.3, -0.25) is 0 Å². The van der Waals surface area contributed by atoms with Gasteiger partial charge in [0, 0.05) is 5.69 Å². The van der Waals surface area contributed by atoms with Crippen molar-refractivity contribution >= 4 is 23.1 Å². The number of aryl methyl sites for hydroxylation is 1. The zero-order valence-corrected chi connectivity index (χ0v) is 10.5. The molecule has 17 heavy (non-hydrogen) atoms. The third kappa shape index (κ3) is 2.88. The summed E-state index contributed by atoms with van der Waals surface area (Å²) in [6.45, 7) is 2.00. The molecule has 0 saturated heterocycles. The lowest BCUT2D eigenvalue weighted by atomic mass is 10.2. The van der Waals surface area contributed by atoms with E-state index in [-0.39, 0.29) is 0 Å². The molecule has 3 nitrogen and oxygen atoms in total. The molecule has 0 fully saturated rings. The number of rotatable bonds is 3. The number of hydrogen-bond donors (Lipinski definition) is 1. The normalized spacial score (nSPS) is 10.1. The number of anilines is 2. The lowest BCUT2D eigenvalue weighted by Gasteiger charge is -2.09. The topological polar surface area (TPSA) is 34.1 Å². The van der Waals surface area contributed by atoms with Crippen molar-refractivity contribution in [3.05, 3.63) is 47.1 Å². The highest BCUT2D eigenvalue weighted by atomic mass is 35.5. The lowest BCUT2D eigenvalue weighted by Crippen LogP contribution is -1.94. The van der Waals surface area contributed by atoms with E-state index in [2.05, 4.69) is 10.3 Å². The predicted molar refractivity (Wildman–Crippen MR) is 70.3 cm³/mol. The summed E-state index contributed by atoms with van der Waals surface area (Å²) in [5, 5.41) is 3.66. The van der Waals surface area contributed by atoms with E-state index < -0.39 is 0 Å². The van der Waals surface area contributed by atoms with Crippen LogP contribution in [0, 0.1) is 6.92 Å². The third-order valence-electron chi connectivity index (χ3n) is 2.38. The van der Waals surface area contributed by atoms with Crippen LogP contribution in [0.25, 0.3) is 0 Å². The van der Waals surface area contributed by atoms with Gasteiger partial charge in [-0.25, -0.2) is 4.98 Å². The molecule has 0 spiro atoms. The van der Waals surface area contributed by atoms with Crippen molar-refractivity contribution in [1.82, 2.24) is 4.98 Å². The summed E-state index contributed by atoms with van der Waals surface area (Å²) < 4.78 is 5.20. The maximum atomic E-state index is 5.82. The minimum Gasteiger partial charge on any atom is -0.496 e. The van der Waals surface area contributed by atoms with Gasteiger partial charge in [-0.2, -0.15) is 0 Å². The van der Waals surface area contributed by atoms with Crippen LogP contribution < -0.4 is 10.1 Å². The minimum atomic E-state index is 0.472. The average Bonchev–Trinajstić information content (AvgIpc) is 2.29. The highest BCUT2D eigenvalue weighted by Crippen LogP contribution is 2.23. The minimum absolute atomic E-state index is 0.472. The maximum absolute atomic E-state index is 5.82. The summed E-state index contributed by atoms with van der Waals surface area (Å²) in [6, 6.07) is 11.3. The van der Waals surface area contributed by atoms with Crippen LogP contribution in [0.5, 0.6) is 5.75 Å². The molecule has 0 radical (unpaired) electrons. The van der Waals surface area contributed by atoms with Crippen LogP contribution in [0.4, 0.5) is 11.5 Å². The first-order valence-corrected chi connectivity index (χ1v) is 5.61. The molecule has 0 aliphatic rings. The molecular formula is C13H13ClN2O. The van der Waals surface area contributed by atoms with E-state index in [0.717, 1.165) is 22.8 Å². The second-order valence-electron chi connectivity index (χ2n) is 3.65. The van der Waals surface area contributed by atoms with Crippen molar-refractivity contribution in [2.75, 3.05) is 12.4 Å². The maximum Gasteiger partial charge on any atom is 0.132 e. The van der Waals surface area contributed by atoms with Crippen LogP contribution >= 0.6 is 11.6 Å². The predicted octanol–water partition coefficient (Wildman–Crippen LogP) is 3.80. The van der Waals surface area contributed by atoms with Crippen molar-refractivity contribution in [3.8, 4) is 5.75 Å². The van der Waals surface area contributed by atoms with Crippen LogP contribution in [0.3, 0.4) is 0 Å². The molecule has 0 aliphatic heterocycles. The van der Waals surface area contributed by atoms with Gasteiger partial charge in [0.25, 0.3) is 0 Å². The standard InChI is InChI=1S/C13H13ClN2O/c1-9-8-10(6-7-11(9)17-2)15-13-5-3-4-12(14)16-13/h3-8H,1-2H3,(H,15,16). The first-order valence-electron chi connectivity index (χ1n) is 5.23. The first kappa shape index (κ1) is 11.7. The molecule has 0 unspecified atom stereocenters. The Balaban J connectivity index is 2.22. The highest BCUT2D eigenvalue weighted by Gasteiger charge is 2.01. The first-order chi connectivity index (χ1) is 8.19. The molecule has 4 heteroatoms. The lowest BCUT2D eigenvalue weighted by molar-refractivity contribution is 0.412. The Morgan fingerprint density at radius 1 is 1.24 bits per heavy atom. The van der Waals surface area contributed by atoms with Crippen LogP contribution in [-0.2, 0) is 0 Å². The molecular weight excluding hydrogens is 236 g/mol. The number of pyridine rings is 1. The molecule has 0 amide bonds. The summed E-state index contributed by atoms with van der Waals surface area (Å²) in [4.78, 5) is 4.16. The van der Waals surface area contributed by atoms with Gasteiger partial charge in [-0.05, 0) is 42.8 Å². The SMILES string of the molecule is COc1ccc(Nc2cccc(Cl)n2)cc1C. The fraction of sp³-hybridized carbons (Fsp3) is 0.154. The Bertz CT molecular complexity index is 529. The van der Waals surface area contributed by atoms with Crippen LogP contribution in [0.2, 0.25) is 5.15 Å². The van der Waals surface area contributed by atoms with Crippen LogP contribution in [0.15, 0.2) is 36.4 Å². The van der Waals surface area contributed by atoms with E-state index in [9.17, 15) is 0 Å². The van der Waals surface area contributed by atoms with E-state index in [1.807, 2.05) is 37.3 Å². The Labute approximate surface area is 105 Å². The second kappa shape index (κ2) is 5.06. The van der Waals surface area contributed by atoms with Gasteiger partial charge in [-0.1, -0.05) is 17.7 Å². The molecule has 1 aromatic heterocycles. The molecule has 2 rings (SSSR count). The zero-order valence-electron chi connectivity index (χ0n) is 9.70. The number of benzene rings is 1. The number of hydrogen-bond acceptors (Lipinski definition) is 3. The Morgan fingerprint density at radius 2 is 2.06 bits per heavy atom. The number of nitrogens with one attached hydrogen (secondary N) is 1. The Morgan fingerprint density at radius 3 is 2.71 bits per heavy atom. The number of nitrogens with zero attached hydrogens (tertiary/aromatic N) is 1. The number of methoxy groups -OCH3 is 1. The van der Waals surface area contributed by atoms with Gasteiger partial charge in [0.15, 0.2) is 0 Å². The fourth-order valence-corrected chi connectivity index (χ4v) is 1.75.